The summed E-state index contributed by atoms with van der Waals surface area (Å²) in [4.78, 5) is 16.3. The molecule has 0 saturated heterocycles. The predicted octanol–water partition coefficient (Wildman–Crippen LogP) is 5.85. The average Bonchev–Trinajstić information content (AvgIpc) is 3.14. The van der Waals surface area contributed by atoms with Gasteiger partial charge in [0.05, 0.1) is 4.88 Å². The molecule has 25 heavy (non-hydrogen) atoms. The zero-order valence-corrected chi connectivity index (χ0v) is 16.3. The van der Waals surface area contributed by atoms with Gasteiger partial charge in [-0.25, -0.2) is 0 Å². The van der Waals surface area contributed by atoms with E-state index < -0.39 is 0 Å². The summed E-state index contributed by atoms with van der Waals surface area (Å²) in [5, 5.41) is 2.00. The Morgan fingerprint density at radius 3 is 2.56 bits per heavy atom. The Morgan fingerprint density at radius 1 is 1.16 bits per heavy atom. The van der Waals surface area contributed by atoms with E-state index in [1.165, 1.54) is 18.4 Å². The Hall–Kier alpha value is -1.61. The molecule has 0 bridgehead atoms. The molecule has 1 amide bonds. The highest BCUT2D eigenvalue weighted by atomic mass is 32.1. The highest BCUT2D eigenvalue weighted by Crippen LogP contribution is 2.37. The SMILES string of the molecule is CC1CCC(C(C)C)C(N(Cc2ccccc2)C(=O)c2cccs2)C1. The topological polar surface area (TPSA) is 20.3 Å². The second-order valence-corrected chi connectivity index (χ2v) is 8.74. The highest BCUT2D eigenvalue weighted by molar-refractivity contribution is 7.12. The zero-order chi connectivity index (χ0) is 17.8. The Morgan fingerprint density at radius 2 is 1.92 bits per heavy atom. The molecule has 1 aromatic heterocycles. The van der Waals surface area contributed by atoms with E-state index in [1.54, 1.807) is 11.3 Å². The molecular formula is C22H29NOS. The number of thiophene rings is 1. The Labute approximate surface area is 155 Å². The fraction of sp³-hybridized carbons (Fsp3) is 0.500. The van der Waals surface area contributed by atoms with E-state index in [-0.39, 0.29) is 5.91 Å². The molecule has 0 N–H and O–H groups in total. The minimum Gasteiger partial charge on any atom is -0.330 e. The minimum atomic E-state index is 0.198. The zero-order valence-electron chi connectivity index (χ0n) is 15.5. The monoisotopic (exact) mass is 355 g/mol. The summed E-state index contributed by atoms with van der Waals surface area (Å²) in [5.74, 6) is 2.08. The van der Waals surface area contributed by atoms with E-state index in [9.17, 15) is 4.79 Å². The number of hydrogen-bond donors (Lipinski definition) is 0. The fourth-order valence-electron chi connectivity index (χ4n) is 4.17. The summed E-state index contributed by atoms with van der Waals surface area (Å²) in [7, 11) is 0. The molecule has 1 heterocycles. The van der Waals surface area contributed by atoms with Gasteiger partial charge < -0.3 is 4.90 Å². The van der Waals surface area contributed by atoms with Crippen molar-refractivity contribution in [1.29, 1.82) is 0 Å². The molecule has 3 heteroatoms. The molecular weight excluding hydrogens is 326 g/mol. The van der Waals surface area contributed by atoms with Gasteiger partial charge in [0.2, 0.25) is 0 Å². The van der Waals surface area contributed by atoms with Crippen molar-refractivity contribution in [3.63, 3.8) is 0 Å². The Kier molecular flexibility index (Phi) is 5.95. The summed E-state index contributed by atoms with van der Waals surface area (Å²) in [6.07, 6.45) is 3.63. The van der Waals surface area contributed by atoms with Gasteiger partial charge in [0, 0.05) is 12.6 Å². The molecule has 0 spiro atoms. The number of amides is 1. The van der Waals surface area contributed by atoms with Gasteiger partial charge in [-0.1, -0.05) is 63.6 Å². The minimum absolute atomic E-state index is 0.198. The lowest BCUT2D eigenvalue weighted by Gasteiger charge is -2.44. The largest absolute Gasteiger partial charge is 0.330 e. The standard InChI is InChI=1S/C22H29NOS/c1-16(2)19-12-11-17(3)14-20(19)23(15-18-8-5-4-6-9-18)22(24)21-10-7-13-25-21/h4-10,13,16-17,19-20H,11-12,14-15H2,1-3H3. The van der Waals surface area contributed by atoms with Crippen molar-refractivity contribution in [3.8, 4) is 0 Å². The normalized spacial score (nSPS) is 23.6. The summed E-state index contributed by atoms with van der Waals surface area (Å²) in [6, 6.07) is 14.7. The number of nitrogens with zero attached hydrogens (tertiary/aromatic N) is 1. The third-order valence-corrected chi connectivity index (χ3v) is 6.43. The van der Waals surface area contributed by atoms with Crippen LogP contribution >= 0.6 is 11.3 Å². The van der Waals surface area contributed by atoms with Gasteiger partial charge in [-0.15, -0.1) is 11.3 Å². The Balaban J connectivity index is 1.92. The van der Waals surface area contributed by atoms with Crippen LogP contribution in [0.4, 0.5) is 0 Å². The first-order chi connectivity index (χ1) is 12.1. The number of rotatable bonds is 5. The van der Waals surface area contributed by atoms with Crippen LogP contribution in [0.2, 0.25) is 0 Å². The molecule has 0 aliphatic heterocycles. The number of benzene rings is 1. The smallest absolute Gasteiger partial charge is 0.264 e. The first kappa shape index (κ1) is 18.2. The molecule has 0 radical (unpaired) electrons. The van der Waals surface area contributed by atoms with Crippen molar-refractivity contribution >= 4 is 17.2 Å². The molecule has 1 aliphatic carbocycles. The van der Waals surface area contributed by atoms with Crippen LogP contribution in [0.1, 0.15) is 55.3 Å². The van der Waals surface area contributed by atoms with Gasteiger partial charge in [0.25, 0.3) is 5.91 Å². The lowest BCUT2D eigenvalue weighted by atomic mass is 9.73. The molecule has 1 saturated carbocycles. The van der Waals surface area contributed by atoms with Gasteiger partial charge in [-0.05, 0) is 47.6 Å². The fourth-order valence-corrected chi connectivity index (χ4v) is 4.85. The maximum Gasteiger partial charge on any atom is 0.264 e. The number of carbonyl (C=O) groups is 1. The first-order valence-corrected chi connectivity index (χ1v) is 10.3. The van der Waals surface area contributed by atoms with Crippen LogP contribution in [-0.2, 0) is 6.54 Å². The van der Waals surface area contributed by atoms with E-state index in [0.717, 1.165) is 11.3 Å². The van der Waals surface area contributed by atoms with Gasteiger partial charge in [-0.3, -0.25) is 4.79 Å². The summed E-state index contributed by atoms with van der Waals surface area (Å²) >= 11 is 1.55. The first-order valence-electron chi connectivity index (χ1n) is 9.44. The Bertz CT molecular complexity index is 665. The van der Waals surface area contributed by atoms with Gasteiger partial charge in [0.15, 0.2) is 0 Å². The molecule has 1 aromatic carbocycles. The quantitative estimate of drug-likeness (QED) is 0.658. The highest BCUT2D eigenvalue weighted by Gasteiger charge is 2.37. The molecule has 2 aromatic rings. The van der Waals surface area contributed by atoms with Crippen LogP contribution in [0.5, 0.6) is 0 Å². The second-order valence-electron chi connectivity index (χ2n) is 7.79. The lowest BCUT2D eigenvalue weighted by Crippen LogP contribution is -2.48. The van der Waals surface area contributed by atoms with Crippen molar-refractivity contribution in [1.82, 2.24) is 4.90 Å². The molecule has 3 atom stereocenters. The van der Waals surface area contributed by atoms with Crippen molar-refractivity contribution < 1.29 is 4.79 Å². The lowest BCUT2D eigenvalue weighted by molar-refractivity contribution is 0.0371. The van der Waals surface area contributed by atoms with E-state index in [1.807, 2.05) is 23.6 Å². The third-order valence-electron chi connectivity index (χ3n) is 5.58. The number of hydrogen-bond acceptors (Lipinski definition) is 2. The summed E-state index contributed by atoms with van der Waals surface area (Å²) < 4.78 is 0. The van der Waals surface area contributed by atoms with Gasteiger partial charge >= 0.3 is 0 Å². The molecule has 1 aliphatic rings. The van der Waals surface area contributed by atoms with Crippen molar-refractivity contribution in [2.24, 2.45) is 17.8 Å². The molecule has 134 valence electrons. The van der Waals surface area contributed by atoms with Crippen molar-refractivity contribution in [3.05, 3.63) is 58.3 Å². The van der Waals surface area contributed by atoms with Crippen molar-refractivity contribution in [2.75, 3.05) is 0 Å². The molecule has 3 rings (SSSR count). The number of carbonyl (C=O) groups excluding carboxylic acids is 1. The summed E-state index contributed by atoms with van der Waals surface area (Å²) in [6.45, 7) is 7.66. The van der Waals surface area contributed by atoms with E-state index >= 15 is 0 Å². The third kappa shape index (κ3) is 4.33. The van der Waals surface area contributed by atoms with Gasteiger partial charge in [0.1, 0.15) is 0 Å². The van der Waals surface area contributed by atoms with E-state index in [0.29, 0.717) is 30.3 Å². The molecule has 1 fully saturated rings. The molecule has 2 nitrogen and oxygen atoms in total. The van der Waals surface area contributed by atoms with E-state index in [2.05, 4.69) is 49.9 Å². The van der Waals surface area contributed by atoms with Crippen LogP contribution in [-0.4, -0.2) is 16.8 Å². The van der Waals surface area contributed by atoms with Crippen LogP contribution < -0.4 is 0 Å². The second kappa shape index (κ2) is 8.18. The van der Waals surface area contributed by atoms with Crippen LogP contribution in [0.3, 0.4) is 0 Å². The van der Waals surface area contributed by atoms with Crippen LogP contribution in [0.15, 0.2) is 47.8 Å². The average molecular weight is 356 g/mol. The predicted molar refractivity (Wildman–Crippen MR) is 106 cm³/mol. The van der Waals surface area contributed by atoms with Crippen molar-refractivity contribution in [2.45, 2.75) is 52.6 Å². The van der Waals surface area contributed by atoms with E-state index in [4.69, 9.17) is 0 Å². The summed E-state index contributed by atoms with van der Waals surface area (Å²) in [5.41, 5.74) is 1.22. The maximum atomic E-state index is 13.3. The molecule has 3 unspecified atom stereocenters. The van der Waals surface area contributed by atoms with Crippen LogP contribution in [0.25, 0.3) is 0 Å². The maximum absolute atomic E-state index is 13.3. The van der Waals surface area contributed by atoms with Crippen LogP contribution in [0, 0.1) is 17.8 Å². The van der Waals surface area contributed by atoms with Gasteiger partial charge in [-0.2, -0.15) is 0 Å².